The highest BCUT2D eigenvalue weighted by Crippen LogP contribution is 2.05. The number of unbranched alkanes of at least 4 members (excludes halogenated alkanes) is 2. The van der Waals surface area contributed by atoms with Crippen molar-refractivity contribution in [2.75, 3.05) is 6.54 Å². The van der Waals surface area contributed by atoms with Gasteiger partial charge in [-0.2, -0.15) is 0 Å². The average Bonchev–Trinajstić information content (AvgIpc) is 2.34. The third kappa shape index (κ3) is 5.20. The molecule has 0 heterocycles. The van der Waals surface area contributed by atoms with E-state index in [1.54, 1.807) is 6.08 Å². The maximum Gasteiger partial charge on any atom is 0.351 e. The minimum absolute atomic E-state index is 0.257. The van der Waals surface area contributed by atoms with Crippen molar-refractivity contribution in [3.05, 3.63) is 41.6 Å². The molecule has 3 heteroatoms. The molecule has 0 spiro atoms. The Labute approximate surface area is 102 Å². The van der Waals surface area contributed by atoms with Crippen molar-refractivity contribution in [3.8, 4) is 0 Å². The van der Waals surface area contributed by atoms with Crippen LogP contribution in [0, 0.1) is 0 Å². The lowest BCUT2D eigenvalue weighted by Gasteiger charge is -2.06. The Morgan fingerprint density at radius 3 is 2.59 bits per heavy atom. The van der Waals surface area contributed by atoms with Gasteiger partial charge in [-0.15, -0.1) is 0 Å². The van der Waals surface area contributed by atoms with E-state index < -0.39 is 5.97 Å². The van der Waals surface area contributed by atoms with Crippen LogP contribution in [0.25, 0.3) is 6.08 Å². The zero-order valence-corrected chi connectivity index (χ0v) is 10.1. The predicted molar refractivity (Wildman–Crippen MR) is 69.6 cm³/mol. The molecule has 0 saturated carbocycles. The van der Waals surface area contributed by atoms with Gasteiger partial charge in [0, 0.05) is 6.54 Å². The van der Waals surface area contributed by atoms with Crippen molar-refractivity contribution in [3.63, 3.8) is 0 Å². The minimum atomic E-state index is -0.912. The van der Waals surface area contributed by atoms with Gasteiger partial charge in [-0.1, -0.05) is 50.1 Å². The van der Waals surface area contributed by atoms with Gasteiger partial charge in [-0.05, 0) is 18.1 Å². The summed E-state index contributed by atoms with van der Waals surface area (Å²) in [6.07, 6.45) is 4.90. The standard InChI is InChI=1S/C14H19NO2/c1-2-3-7-10-15-13(14(16)17)11-12-8-5-4-6-9-12/h4-6,8-9,11,15H,2-3,7,10H2,1H3,(H,16,17). The van der Waals surface area contributed by atoms with E-state index in [1.807, 2.05) is 30.3 Å². The number of nitrogens with one attached hydrogen (secondary N) is 1. The zero-order chi connectivity index (χ0) is 12.5. The summed E-state index contributed by atoms with van der Waals surface area (Å²) in [5.41, 5.74) is 1.15. The van der Waals surface area contributed by atoms with Crippen molar-refractivity contribution in [1.29, 1.82) is 0 Å². The van der Waals surface area contributed by atoms with E-state index >= 15 is 0 Å². The van der Waals surface area contributed by atoms with Crippen LogP contribution in [-0.2, 0) is 4.79 Å². The van der Waals surface area contributed by atoms with Crippen LogP contribution in [0.15, 0.2) is 36.0 Å². The normalized spacial score (nSPS) is 11.2. The molecule has 2 N–H and O–H groups in total. The molecule has 0 amide bonds. The average molecular weight is 233 g/mol. The second kappa shape index (κ2) is 7.49. The molecule has 3 nitrogen and oxygen atoms in total. The number of aliphatic carboxylic acids is 1. The molecule has 1 rings (SSSR count). The van der Waals surface area contributed by atoms with Crippen LogP contribution in [0.2, 0.25) is 0 Å². The molecular weight excluding hydrogens is 214 g/mol. The Morgan fingerprint density at radius 1 is 1.29 bits per heavy atom. The van der Waals surface area contributed by atoms with Crippen LogP contribution < -0.4 is 5.32 Å². The molecule has 0 fully saturated rings. The molecule has 0 atom stereocenters. The van der Waals surface area contributed by atoms with Gasteiger partial charge in [0.25, 0.3) is 0 Å². The van der Waals surface area contributed by atoms with Gasteiger partial charge in [0.2, 0.25) is 0 Å². The Hall–Kier alpha value is -1.77. The first-order chi connectivity index (χ1) is 8.24. The molecule has 0 bridgehead atoms. The van der Waals surface area contributed by atoms with Gasteiger partial charge in [0.05, 0.1) is 0 Å². The van der Waals surface area contributed by atoms with Crippen LogP contribution >= 0.6 is 0 Å². The molecule has 17 heavy (non-hydrogen) atoms. The monoisotopic (exact) mass is 233 g/mol. The first-order valence-corrected chi connectivity index (χ1v) is 5.98. The quantitative estimate of drug-likeness (QED) is 0.562. The van der Waals surface area contributed by atoms with Crippen LogP contribution in [-0.4, -0.2) is 17.6 Å². The Bertz CT molecular complexity index is 371. The van der Waals surface area contributed by atoms with Gasteiger partial charge in [0.1, 0.15) is 5.70 Å². The Balaban J connectivity index is 2.60. The minimum Gasteiger partial charge on any atom is -0.477 e. The van der Waals surface area contributed by atoms with Gasteiger partial charge in [0.15, 0.2) is 0 Å². The lowest BCUT2D eigenvalue weighted by molar-refractivity contribution is -0.133. The molecule has 0 aromatic heterocycles. The third-order valence-corrected chi connectivity index (χ3v) is 2.44. The van der Waals surface area contributed by atoms with Crippen LogP contribution in [0.1, 0.15) is 31.7 Å². The molecule has 0 unspecified atom stereocenters. The summed E-state index contributed by atoms with van der Waals surface area (Å²) in [6, 6.07) is 9.46. The first kappa shape index (κ1) is 13.3. The molecule has 0 aliphatic heterocycles. The van der Waals surface area contributed by atoms with Crippen molar-refractivity contribution in [1.82, 2.24) is 5.32 Å². The fourth-order valence-corrected chi connectivity index (χ4v) is 1.50. The predicted octanol–water partition coefficient (Wildman–Crippen LogP) is 2.89. The third-order valence-electron chi connectivity index (χ3n) is 2.44. The van der Waals surface area contributed by atoms with Crippen molar-refractivity contribution in [2.24, 2.45) is 0 Å². The Morgan fingerprint density at radius 2 is 2.00 bits per heavy atom. The molecule has 1 aromatic rings. The Kier molecular flexibility index (Phi) is 5.86. The number of benzene rings is 1. The summed E-state index contributed by atoms with van der Waals surface area (Å²) in [7, 11) is 0. The maximum atomic E-state index is 11.0. The molecular formula is C14H19NO2. The van der Waals surface area contributed by atoms with E-state index in [4.69, 9.17) is 5.11 Å². The second-order valence-corrected chi connectivity index (χ2v) is 3.91. The van der Waals surface area contributed by atoms with Gasteiger partial charge in [-0.25, -0.2) is 4.79 Å². The van der Waals surface area contributed by atoms with E-state index in [0.29, 0.717) is 6.54 Å². The molecule has 92 valence electrons. The number of hydrogen-bond acceptors (Lipinski definition) is 2. The molecule has 0 radical (unpaired) electrons. The van der Waals surface area contributed by atoms with Crippen molar-refractivity contribution >= 4 is 12.0 Å². The molecule has 0 saturated heterocycles. The number of hydrogen-bond donors (Lipinski definition) is 2. The molecule has 0 aliphatic carbocycles. The fraction of sp³-hybridized carbons (Fsp3) is 0.357. The van der Waals surface area contributed by atoms with Crippen LogP contribution in [0.3, 0.4) is 0 Å². The van der Waals surface area contributed by atoms with Crippen LogP contribution in [0.5, 0.6) is 0 Å². The smallest absolute Gasteiger partial charge is 0.351 e. The lowest BCUT2D eigenvalue weighted by Crippen LogP contribution is -2.21. The van der Waals surface area contributed by atoms with E-state index in [9.17, 15) is 4.79 Å². The topological polar surface area (TPSA) is 49.3 Å². The van der Waals surface area contributed by atoms with Crippen molar-refractivity contribution in [2.45, 2.75) is 26.2 Å². The van der Waals surface area contributed by atoms with E-state index in [-0.39, 0.29) is 5.70 Å². The summed E-state index contributed by atoms with van der Waals surface area (Å²) >= 11 is 0. The fourth-order valence-electron chi connectivity index (χ4n) is 1.50. The van der Waals surface area contributed by atoms with E-state index in [1.165, 1.54) is 0 Å². The molecule has 0 aliphatic rings. The zero-order valence-electron chi connectivity index (χ0n) is 10.1. The lowest BCUT2D eigenvalue weighted by atomic mass is 10.2. The van der Waals surface area contributed by atoms with Gasteiger partial charge >= 0.3 is 5.97 Å². The summed E-state index contributed by atoms with van der Waals surface area (Å²) in [6.45, 7) is 2.83. The number of carboxylic acid groups (broad SMARTS) is 1. The largest absolute Gasteiger partial charge is 0.477 e. The van der Waals surface area contributed by atoms with Crippen LogP contribution in [0.4, 0.5) is 0 Å². The number of carboxylic acids is 1. The highest BCUT2D eigenvalue weighted by molar-refractivity contribution is 5.91. The highest BCUT2D eigenvalue weighted by Gasteiger charge is 2.05. The highest BCUT2D eigenvalue weighted by atomic mass is 16.4. The van der Waals surface area contributed by atoms with E-state index in [0.717, 1.165) is 24.8 Å². The van der Waals surface area contributed by atoms with Crippen molar-refractivity contribution < 1.29 is 9.90 Å². The second-order valence-electron chi connectivity index (χ2n) is 3.91. The molecule has 1 aromatic carbocycles. The van der Waals surface area contributed by atoms with E-state index in [2.05, 4.69) is 12.2 Å². The summed E-state index contributed by atoms with van der Waals surface area (Å²) in [5, 5.41) is 12.0. The first-order valence-electron chi connectivity index (χ1n) is 5.98. The SMILES string of the molecule is CCCCCNC(=Cc1ccccc1)C(=O)O. The number of rotatable bonds is 7. The van der Waals surface area contributed by atoms with Gasteiger partial charge in [-0.3, -0.25) is 0 Å². The summed E-state index contributed by atoms with van der Waals surface area (Å²) < 4.78 is 0. The number of carbonyl (C=O) groups is 1. The van der Waals surface area contributed by atoms with Gasteiger partial charge < -0.3 is 10.4 Å². The summed E-state index contributed by atoms with van der Waals surface area (Å²) in [5.74, 6) is -0.912. The maximum absolute atomic E-state index is 11.0. The summed E-state index contributed by atoms with van der Waals surface area (Å²) in [4.78, 5) is 11.0.